The lowest BCUT2D eigenvalue weighted by Gasteiger charge is -2.06. The molecule has 0 fully saturated rings. The molecule has 3 aromatic rings. The summed E-state index contributed by atoms with van der Waals surface area (Å²) in [6.45, 7) is 6.03. The van der Waals surface area contributed by atoms with E-state index in [1.165, 1.54) is 29.5 Å². The lowest BCUT2D eigenvalue weighted by molar-refractivity contribution is -0.114. The number of anilines is 2. The van der Waals surface area contributed by atoms with Crippen molar-refractivity contribution in [1.29, 1.82) is 0 Å². The van der Waals surface area contributed by atoms with Gasteiger partial charge in [-0.3, -0.25) is 19.3 Å². The first-order valence-corrected chi connectivity index (χ1v) is 11.4. The number of rotatable bonds is 9. The van der Waals surface area contributed by atoms with Gasteiger partial charge >= 0.3 is 0 Å². The van der Waals surface area contributed by atoms with Gasteiger partial charge in [-0.25, -0.2) is 9.37 Å². The molecule has 2 amide bonds. The highest BCUT2D eigenvalue weighted by Gasteiger charge is 2.17. The molecule has 12 heteroatoms. The Morgan fingerprint density at radius 1 is 1.32 bits per heavy atom. The SMILES string of the molecule is C=CCn1c(-c2sc(NC(=O)CSCC(=O)Nc3ccccc3F)nc2C)n[nH]c1=S. The van der Waals surface area contributed by atoms with Gasteiger partial charge in [-0.15, -0.1) is 18.3 Å². The molecular weight excluding hydrogens is 459 g/mol. The van der Waals surface area contributed by atoms with E-state index in [9.17, 15) is 14.0 Å². The average molecular weight is 479 g/mol. The number of aromatic nitrogens is 4. The van der Waals surface area contributed by atoms with Crippen molar-refractivity contribution in [2.75, 3.05) is 22.1 Å². The Morgan fingerprint density at radius 2 is 2.03 bits per heavy atom. The Balaban J connectivity index is 1.54. The fraction of sp³-hybridized carbons (Fsp3) is 0.211. The standard InChI is InChI=1S/C19H19FN6O2S3/c1-3-8-26-17(24-25-19(26)29)16-11(2)21-18(31-16)23-15(28)10-30-9-14(27)22-13-7-5-4-6-12(13)20/h3-7H,1,8-10H2,2H3,(H,22,27)(H,25,29)(H,21,23,28). The van der Waals surface area contributed by atoms with Crippen molar-refractivity contribution in [2.24, 2.45) is 0 Å². The third kappa shape index (κ3) is 5.87. The van der Waals surface area contributed by atoms with Crippen LogP contribution in [0.3, 0.4) is 0 Å². The van der Waals surface area contributed by atoms with E-state index in [-0.39, 0.29) is 29.0 Å². The number of thioether (sulfide) groups is 1. The van der Waals surface area contributed by atoms with E-state index in [0.29, 0.717) is 28.0 Å². The number of aromatic amines is 1. The zero-order chi connectivity index (χ0) is 22.4. The minimum atomic E-state index is -0.511. The van der Waals surface area contributed by atoms with Gasteiger partial charge in [0.1, 0.15) is 5.82 Å². The summed E-state index contributed by atoms with van der Waals surface area (Å²) < 4.78 is 15.8. The predicted octanol–water partition coefficient (Wildman–Crippen LogP) is 4.01. The second kappa shape index (κ2) is 10.5. The van der Waals surface area contributed by atoms with E-state index < -0.39 is 5.82 Å². The van der Waals surface area contributed by atoms with Crippen LogP contribution in [-0.2, 0) is 16.1 Å². The van der Waals surface area contributed by atoms with E-state index in [0.717, 1.165) is 16.6 Å². The van der Waals surface area contributed by atoms with E-state index in [1.54, 1.807) is 16.7 Å². The fourth-order valence-electron chi connectivity index (χ4n) is 2.59. The minimum Gasteiger partial charge on any atom is -0.323 e. The van der Waals surface area contributed by atoms with Gasteiger partial charge in [0.25, 0.3) is 0 Å². The molecule has 2 aromatic heterocycles. The number of para-hydroxylation sites is 1. The van der Waals surface area contributed by atoms with Crippen LogP contribution in [0.4, 0.5) is 15.2 Å². The van der Waals surface area contributed by atoms with Crippen LogP contribution in [0.2, 0.25) is 0 Å². The zero-order valence-corrected chi connectivity index (χ0v) is 18.9. The monoisotopic (exact) mass is 478 g/mol. The second-order valence-corrected chi connectivity index (χ2v) is 8.63. The van der Waals surface area contributed by atoms with Gasteiger partial charge in [-0.2, -0.15) is 5.10 Å². The largest absolute Gasteiger partial charge is 0.323 e. The Kier molecular flexibility index (Phi) is 7.71. The van der Waals surface area contributed by atoms with Crippen molar-refractivity contribution in [2.45, 2.75) is 13.5 Å². The summed E-state index contributed by atoms with van der Waals surface area (Å²) in [5.41, 5.74) is 0.814. The van der Waals surface area contributed by atoms with Crippen LogP contribution in [-0.4, -0.2) is 43.1 Å². The molecule has 0 aliphatic rings. The molecule has 0 radical (unpaired) electrons. The summed E-state index contributed by atoms with van der Waals surface area (Å²) in [4.78, 5) is 29.3. The van der Waals surface area contributed by atoms with Crippen LogP contribution in [0.1, 0.15) is 5.69 Å². The molecule has 0 saturated heterocycles. The number of hydrogen-bond acceptors (Lipinski definition) is 7. The number of nitrogens with zero attached hydrogens (tertiary/aromatic N) is 3. The Hall–Kier alpha value is -2.83. The maximum absolute atomic E-state index is 13.6. The lowest BCUT2D eigenvalue weighted by Crippen LogP contribution is -2.18. The number of nitrogens with one attached hydrogen (secondary N) is 3. The highest BCUT2D eigenvalue weighted by Crippen LogP contribution is 2.31. The summed E-state index contributed by atoms with van der Waals surface area (Å²) in [7, 11) is 0. The van der Waals surface area contributed by atoms with E-state index in [4.69, 9.17) is 12.2 Å². The number of allylic oxidation sites excluding steroid dienone is 1. The third-order valence-corrected chi connectivity index (χ3v) is 6.24. The second-order valence-electron chi connectivity index (χ2n) is 6.25. The minimum absolute atomic E-state index is 0.0142. The Labute approximate surface area is 191 Å². The maximum atomic E-state index is 13.6. The summed E-state index contributed by atoms with van der Waals surface area (Å²) in [5, 5.41) is 12.6. The molecule has 0 aliphatic heterocycles. The molecule has 0 atom stereocenters. The molecule has 0 saturated carbocycles. The summed E-state index contributed by atoms with van der Waals surface area (Å²) in [6, 6.07) is 5.90. The van der Waals surface area contributed by atoms with Gasteiger partial charge in [0, 0.05) is 6.54 Å². The highest BCUT2D eigenvalue weighted by atomic mass is 32.2. The predicted molar refractivity (Wildman–Crippen MR) is 124 cm³/mol. The van der Waals surface area contributed by atoms with Crippen LogP contribution in [0.15, 0.2) is 36.9 Å². The lowest BCUT2D eigenvalue weighted by atomic mass is 10.3. The molecule has 8 nitrogen and oxygen atoms in total. The Morgan fingerprint density at radius 3 is 2.74 bits per heavy atom. The van der Waals surface area contributed by atoms with E-state index in [2.05, 4.69) is 32.4 Å². The number of H-pyrrole nitrogens is 1. The van der Waals surface area contributed by atoms with Gasteiger partial charge in [0.05, 0.1) is 27.8 Å². The van der Waals surface area contributed by atoms with Gasteiger partial charge in [0.15, 0.2) is 15.7 Å². The number of aryl methyl sites for hydroxylation is 1. The van der Waals surface area contributed by atoms with Crippen molar-refractivity contribution in [3.8, 4) is 10.7 Å². The zero-order valence-electron chi connectivity index (χ0n) is 16.5. The number of carbonyl (C=O) groups excluding carboxylic acids is 2. The first-order chi connectivity index (χ1) is 14.9. The highest BCUT2D eigenvalue weighted by molar-refractivity contribution is 8.00. The van der Waals surface area contributed by atoms with Crippen LogP contribution < -0.4 is 10.6 Å². The number of benzene rings is 1. The topological polar surface area (TPSA) is 105 Å². The molecule has 0 unspecified atom stereocenters. The molecule has 2 heterocycles. The number of halogens is 1. The number of thiazole rings is 1. The Bertz CT molecular complexity index is 1170. The maximum Gasteiger partial charge on any atom is 0.236 e. The molecule has 1 aromatic carbocycles. The van der Waals surface area contributed by atoms with Crippen LogP contribution in [0, 0.1) is 17.5 Å². The van der Waals surface area contributed by atoms with Crippen LogP contribution in [0.25, 0.3) is 10.7 Å². The molecule has 162 valence electrons. The summed E-state index contributed by atoms with van der Waals surface area (Å²) in [5.74, 6) is -0.509. The van der Waals surface area contributed by atoms with E-state index >= 15 is 0 Å². The van der Waals surface area contributed by atoms with Gasteiger partial charge in [-0.1, -0.05) is 29.5 Å². The molecular formula is C19H19FN6O2S3. The first-order valence-electron chi connectivity index (χ1n) is 9.05. The van der Waals surface area contributed by atoms with Gasteiger partial charge < -0.3 is 10.6 Å². The third-order valence-electron chi connectivity index (χ3n) is 3.93. The van der Waals surface area contributed by atoms with Crippen molar-refractivity contribution in [3.63, 3.8) is 0 Å². The first kappa shape index (κ1) is 22.8. The van der Waals surface area contributed by atoms with Crippen molar-refractivity contribution in [3.05, 3.63) is 53.2 Å². The summed E-state index contributed by atoms with van der Waals surface area (Å²) in [6.07, 6.45) is 1.72. The van der Waals surface area contributed by atoms with Crippen LogP contribution >= 0.6 is 35.3 Å². The number of carbonyl (C=O) groups is 2. The molecule has 3 rings (SSSR count). The van der Waals surface area contributed by atoms with Crippen molar-refractivity contribution in [1.82, 2.24) is 19.7 Å². The van der Waals surface area contributed by atoms with Crippen molar-refractivity contribution >= 4 is 57.9 Å². The number of hydrogen-bond donors (Lipinski definition) is 3. The van der Waals surface area contributed by atoms with Crippen LogP contribution in [0.5, 0.6) is 0 Å². The number of amides is 2. The normalized spacial score (nSPS) is 10.6. The molecule has 0 bridgehead atoms. The van der Waals surface area contributed by atoms with Crippen molar-refractivity contribution < 1.29 is 14.0 Å². The average Bonchev–Trinajstić information content (AvgIpc) is 3.26. The summed E-state index contributed by atoms with van der Waals surface area (Å²) >= 11 is 7.63. The molecule has 0 spiro atoms. The molecule has 0 aliphatic carbocycles. The molecule has 3 N–H and O–H groups in total. The quantitative estimate of drug-likeness (QED) is 0.317. The van der Waals surface area contributed by atoms with Gasteiger partial charge in [-0.05, 0) is 31.3 Å². The van der Waals surface area contributed by atoms with E-state index in [1.807, 2.05) is 6.92 Å². The van der Waals surface area contributed by atoms with Gasteiger partial charge in [0.2, 0.25) is 11.8 Å². The smallest absolute Gasteiger partial charge is 0.236 e. The fourth-order valence-corrected chi connectivity index (χ4v) is 4.39. The molecule has 31 heavy (non-hydrogen) atoms.